The lowest BCUT2D eigenvalue weighted by Crippen LogP contribution is -2.35. The number of nitrogens with one attached hydrogen (secondary N) is 1. The van der Waals surface area contributed by atoms with Crippen molar-refractivity contribution in [2.24, 2.45) is 0 Å². The zero-order valence-corrected chi connectivity index (χ0v) is 15.3. The molecular weight excluding hydrogens is 308 g/mol. The molecule has 0 saturated carbocycles. The van der Waals surface area contributed by atoms with E-state index in [1.165, 1.54) is 32.1 Å². The zero-order chi connectivity index (χ0) is 17.7. The Kier molecular flexibility index (Phi) is 8.60. The molecule has 0 saturated heterocycles. The number of para-hydroxylation sites is 1. The van der Waals surface area contributed by atoms with Crippen LogP contribution in [0.3, 0.4) is 0 Å². The highest BCUT2D eigenvalue weighted by molar-refractivity contribution is 5.89. The lowest BCUT2D eigenvalue weighted by Gasteiger charge is -2.23. The summed E-state index contributed by atoms with van der Waals surface area (Å²) in [4.78, 5) is 14.6. The summed E-state index contributed by atoms with van der Waals surface area (Å²) in [5.41, 5.74) is 2.00. The van der Waals surface area contributed by atoms with Crippen LogP contribution in [0.4, 0.5) is 10.5 Å². The fourth-order valence-corrected chi connectivity index (χ4v) is 2.86. The zero-order valence-electron chi connectivity index (χ0n) is 15.3. The lowest BCUT2D eigenvalue weighted by molar-refractivity contribution is 0.207. The molecule has 0 radical (unpaired) electrons. The lowest BCUT2D eigenvalue weighted by atomic mass is 10.1. The fraction of sp³-hybridized carbons (Fsp3) is 0.409. The average Bonchev–Trinajstić information content (AvgIpc) is 2.65. The van der Waals surface area contributed by atoms with E-state index in [0.717, 1.165) is 24.2 Å². The Hall–Kier alpha value is -2.29. The number of rotatable bonds is 10. The van der Waals surface area contributed by atoms with Crippen LogP contribution in [0.5, 0.6) is 0 Å². The molecule has 25 heavy (non-hydrogen) atoms. The molecule has 0 aliphatic carbocycles. The molecule has 1 N–H and O–H groups in total. The number of carbonyl (C=O) groups is 1. The van der Waals surface area contributed by atoms with Gasteiger partial charge < -0.3 is 10.2 Å². The first-order valence-corrected chi connectivity index (χ1v) is 9.44. The highest BCUT2D eigenvalue weighted by Gasteiger charge is 2.13. The summed E-state index contributed by atoms with van der Waals surface area (Å²) in [5, 5.41) is 3.01. The Labute approximate surface area is 152 Å². The normalized spacial score (nSPS) is 10.4. The number of urea groups is 1. The van der Waals surface area contributed by atoms with Gasteiger partial charge in [0, 0.05) is 18.8 Å². The van der Waals surface area contributed by atoms with E-state index in [1.54, 1.807) is 0 Å². The number of nitrogens with zero attached hydrogens (tertiary/aromatic N) is 1. The van der Waals surface area contributed by atoms with Gasteiger partial charge in [-0.05, 0) is 24.1 Å². The average molecular weight is 338 g/mol. The molecule has 2 amide bonds. The minimum atomic E-state index is -0.0244. The molecule has 0 atom stereocenters. The van der Waals surface area contributed by atoms with Gasteiger partial charge >= 0.3 is 6.03 Å². The largest absolute Gasteiger partial charge is 0.322 e. The molecule has 0 bridgehead atoms. The van der Waals surface area contributed by atoms with E-state index in [9.17, 15) is 4.79 Å². The van der Waals surface area contributed by atoms with Crippen LogP contribution < -0.4 is 5.32 Å². The molecule has 0 unspecified atom stereocenters. The Balaban J connectivity index is 1.90. The Bertz CT molecular complexity index is 598. The third-order valence-corrected chi connectivity index (χ3v) is 4.31. The Morgan fingerprint density at radius 3 is 2.12 bits per heavy atom. The van der Waals surface area contributed by atoms with Gasteiger partial charge in [-0.1, -0.05) is 87.6 Å². The third-order valence-electron chi connectivity index (χ3n) is 4.31. The predicted octanol–water partition coefficient (Wildman–Crippen LogP) is 6.08. The summed E-state index contributed by atoms with van der Waals surface area (Å²) in [5.74, 6) is 0. The van der Waals surface area contributed by atoms with E-state index in [4.69, 9.17) is 0 Å². The smallest absolute Gasteiger partial charge is 0.320 e. The minimum Gasteiger partial charge on any atom is -0.320 e. The highest BCUT2D eigenvalue weighted by atomic mass is 16.2. The first kappa shape index (κ1) is 19.0. The first-order chi connectivity index (χ1) is 12.3. The van der Waals surface area contributed by atoms with Gasteiger partial charge in [0.05, 0.1) is 0 Å². The number of unbranched alkanes of at least 4 members (excludes halogenated alkanes) is 5. The standard InChI is InChI=1S/C22H30N2O/c1-2-3-4-5-6-13-18-24(19-20-14-9-7-10-15-20)22(25)23-21-16-11-8-12-17-21/h7-12,14-17H,2-6,13,18-19H2,1H3,(H,23,25). The van der Waals surface area contributed by atoms with E-state index in [-0.39, 0.29) is 6.03 Å². The van der Waals surface area contributed by atoms with Gasteiger partial charge in [0.25, 0.3) is 0 Å². The molecule has 3 heteroatoms. The van der Waals surface area contributed by atoms with Gasteiger partial charge in [0.15, 0.2) is 0 Å². The number of hydrogen-bond donors (Lipinski definition) is 1. The van der Waals surface area contributed by atoms with Crippen LogP contribution >= 0.6 is 0 Å². The molecule has 3 nitrogen and oxygen atoms in total. The summed E-state index contributed by atoms with van der Waals surface area (Å²) >= 11 is 0. The van der Waals surface area contributed by atoms with Crippen molar-refractivity contribution >= 4 is 11.7 Å². The van der Waals surface area contributed by atoms with Gasteiger partial charge in [0.2, 0.25) is 0 Å². The molecule has 0 fully saturated rings. The highest BCUT2D eigenvalue weighted by Crippen LogP contribution is 2.12. The second kappa shape index (κ2) is 11.3. The van der Waals surface area contributed by atoms with Crippen LogP contribution in [0, 0.1) is 0 Å². The van der Waals surface area contributed by atoms with Crippen LogP contribution in [0.15, 0.2) is 60.7 Å². The van der Waals surface area contributed by atoms with Crippen LogP contribution in [0.1, 0.15) is 51.0 Å². The van der Waals surface area contributed by atoms with Crippen LogP contribution in [0.2, 0.25) is 0 Å². The SMILES string of the molecule is CCCCCCCCN(Cc1ccccc1)C(=O)Nc1ccccc1. The number of hydrogen-bond acceptors (Lipinski definition) is 1. The summed E-state index contributed by atoms with van der Waals surface area (Å²) in [6, 6.07) is 19.8. The summed E-state index contributed by atoms with van der Waals surface area (Å²) in [6.07, 6.45) is 7.36. The summed E-state index contributed by atoms with van der Waals surface area (Å²) < 4.78 is 0. The molecule has 2 aromatic rings. The van der Waals surface area contributed by atoms with Crippen LogP contribution in [-0.2, 0) is 6.54 Å². The van der Waals surface area contributed by atoms with Crippen molar-refractivity contribution in [2.45, 2.75) is 52.0 Å². The molecule has 134 valence electrons. The number of amides is 2. The minimum absolute atomic E-state index is 0.0244. The van der Waals surface area contributed by atoms with Crippen molar-refractivity contribution in [3.05, 3.63) is 66.2 Å². The maximum absolute atomic E-state index is 12.7. The molecule has 0 spiro atoms. The second-order valence-corrected chi connectivity index (χ2v) is 6.47. The van der Waals surface area contributed by atoms with Crippen LogP contribution in [0.25, 0.3) is 0 Å². The van der Waals surface area contributed by atoms with Crippen LogP contribution in [-0.4, -0.2) is 17.5 Å². The molecule has 0 heterocycles. The van der Waals surface area contributed by atoms with E-state index in [1.807, 2.05) is 53.4 Å². The summed E-state index contributed by atoms with van der Waals surface area (Å²) in [6.45, 7) is 3.67. The first-order valence-electron chi connectivity index (χ1n) is 9.44. The van der Waals surface area contributed by atoms with Gasteiger partial charge in [0.1, 0.15) is 0 Å². The van der Waals surface area contributed by atoms with Crippen molar-refractivity contribution in [2.75, 3.05) is 11.9 Å². The molecule has 0 aromatic heterocycles. The molecule has 0 aliphatic rings. The maximum Gasteiger partial charge on any atom is 0.322 e. The van der Waals surface area contributed by atoms with Gasteiger partial charge in [-0.15, -0.1) is 0 Å². The summed E-state index contributed by atoms with van der Waals surface area (Å²) in [7, 11) is 0. The van der Waals surface area contributed by atoms with E-state index >= 15 is 0 Å². The van der Waals surface area contributed by atoms with Crippen molar-refractivity contribution in [3.63, 3.8) is 0 Å². The van der Waals surface area contributed by atoms with Gasteiger partial charge in [-0.25, -0.2) is 4.79 Å². The van der Waals surface area contributed by atoms with Gasteiger partial charge in [-0.2, -0.15) is 0 Å². The molecule has 0 aliphatic heterocycles. The second-order valence-electron chi connectivity index (χ2n) is 6.47. The quantitative estimate of drug-likeness (QED) is 0.523. The molecule has 2 rings (SSSR count). The topological polar surface area (TPSA) is 32.3 Å². The van der Waals surface area contributed by atoms with E-state index < -0.39 is 0 Å². The van der Waals surface area contributed by atoms with Crippen molar-refractivity contribution in [1.29, 1.82) is 0 Å². The number of benzene rings is 2. The van der Waals surface area contributed by atoms with E-state index in [0.29, 0.717) is 6.54 Å². The number of carbonyl (C=O) groups excluding carboxylic acids is 1. The Morgan fingerprint density at radius 1 is 0.840 bits per heavy atom. The van der Waals surface area contributed by atoms with Crippen molar-refractivity contribution < 1.29 is 4.79 Å². The third kappa shape index (κ3) is 7.42. The fourth-order valence-electron chi connectivity index (χ4n) is 2.86. The monoisotopic (exact) mass is 338 g/mol. The van der Waals surface area contributed by atoms with Crippen molar-refractivity contribution in [3.8, 4) is 0 Å². The van der Waals surface area contributed by atoms with E-state index in [2.05, 4.69) is 24.4 Å². The predicted molar refractivity (Wildman–Crippen MR) is 106 cm³/mol. The number of anilines is 1. The maximum atomic E-state index is 12.7. The van der Waals surface area contributed by atoms with Gasteiger partial charge in [-0.3, -0.25) is 0 Å². The van der Waals surface area contributed by atoms with Crippen molar-refractivity contribution in [1.82, 2.24) is 4.90 Å². The molecule has 2 aromatic carbocycles. The Morgan fingerprint density at radius 2 is 1.44 bits per heavy atom. The molecular formula is C22H30N2O.